The summed E-state index contributed by atoms with van der Waals surface area (Å²) in [5, 5.41) is 0. The molecule has 1 aliphatic carbocycles. The van der Waals surface area contributed by atoms with Crippen molar-refractivity contribution in [2.75, 3.05) is 0 Å². The van der Waals surface area contributed by atoms with Gasteiger partial charge in [-0.3, -0.25) is 4.79 Å². The predicted molar refractivity (Wildman–Crippen MR) is 65.0 cm³/mol. The number of ketones is 1. The van der Waals surface area contributed by atoms with Gasteiger partial charge in [0.15, 0.2) is 0 Å². The maximum atomic E-state index is 11.8. The molecule has 1 aliphatic rings. The van der Waals surface area contributed by atoms with Crippen molar-refractivity contribution in [2.45, 2.75) is 32.1 Å². The average molecular weight is 212 g/mol. The summed E-state index contributed by atoms with van der Waals surface area (Å²) in [6, 6.07) is 10.3. The van der Waals surface area contributed by atoms with E-state index in [2.05, 4.69) is 24.0 Å². The zero-order valence-corrected chi connectivity index (χ0v) is 9.57. The van der Waals surface area contributed by atoms with Gasteiger partial charge in [-0.1, -0.05) is 30.3 Å². The first-order valence-electron chi connectivity index (χ1n) is 5.80. The summed E-state index contributed by atoms with van der Waals surface area (Å²) < 4.78 is 0. The van der Waals surface area contributed by atoms with Crippen LogP contribution in [0.15, 0.2) is 30.3 Å². The van der Waals surface area contributed by atoms with Gasteiger partial charge in [0.1, 0.15) is 5.78 Å². The van der Waals surface area contributed by atoms with E-state index in [-0.39, 0.29) is 5.92 Å². The molecule has 0 radical (unpaired) electrons. The van der Waals surface area contributed by atoms with Crippen molar-refractivity contribution in [3.05, 3.63) is 35.9 Å². The minimum Gasteiger partial charge on any atom is -0.299 e. The highest BCUT2D eigenvalue weighted by Crippen LogP contribution is 2.48. The molecule has 0 amide bonds. The number of carbonyl (C=O) groups is 1. The molecule has 0 N–H and O–H groups in total. The van der Waals surface area contributed by atoms with Gasteiger partial charge in [0.05, 0.1) is 0 Å². The van der Waals surface area contributed by atoms with E-state index in [0.717, 1.165) is 6.42 Å². The third kappa shape index (κ3) is 2.52. The molecule has 82 valence electrons. The van der Waals surface area contributed by atoms with Crippen molar-refractivity contribution in [2.24, 2.45) is 5.92 Å². The molecule has 2 rings (SSSR count). The molecular formula is C15H16O. The second-order valence-electron chi connectivity index (χ2n) is 4.25. The van der Waals surface area contributed by atoms with Crippen LogP contribution in [0.3, 0.4) is 0 Å². The van der Waals surface area contributed by atoms with Crippen molar-refractivity contribution in [3.63, 3.8) is 0 Å². The Morgan fingerprint density at radius 2 is 2.12 bits per heavy atom. The predicted octanol–water partition coefficient (Wildman–Crippen LogP) is 3.16. The number of carbonyl (C=O) groups excluding carboxylic acids is 1. The fraction of sp³-hybridized carbons (Fsp3) is 0.400. The van der Waals surface area contributed by atoms with Crippen molar-refractivity contribution in [3.8, 4) is 11.8 Å². The van der Waals surface area contributed by atoms with Gasteiger partial charge in [-0.15, -0.1) is 11.8 Å². The lowest BCUT2D eigenvalue weighted by atomic mass is 10.1. The fourth-order valence-electron chi connectivity index (χ4n) is 2.12. The molecular weight excluding hydrogens is 196 g/mol. The molecule has 0 heterocycles. The second kappa shape index (κ2) is 4.99. The van der Waals surface area contributed by atoms with Gasteiger partial charge in [0, 0.05) is 18.8 Å². The van der Waals surface area contributed by atoms with E-state index < -0.39 is 0 Å². The van der Waals surface area contributed by atoms with Crippen molar-refractivity contribution in [1.82, 2.24) is 0 Å². The van der Waals surface area contributed by atoms with Crippen LogP contribution in [0.1, 0.15) is 37.7 Å². The van der Waals surface area contributed by atoms with Crippen LogP contribution in [-0.2, 0) is 4.79 Å². The molecule has 1 saturated carbocycles. The first-order valence-corrected chi connectivity index (χ1v) is 5.80. The van der Waals surface area contributed by atoms with Gasteiger partial charge in [-0.05, 0) is 24.8 Å². The number of hydrogen-bond acceptors (Lipinski definition) is 1. The minimum atomic E-state index is 0.265. The summed E-state index contributed by atoms with van der Waals surface area (Å²) in [6.07, 6.45) is 2.37. The minimum absolute atomic E-state index is 0.265. The highest BCUT2D eigenvalue weighted by atomic mass is 16.1. The molecule has 0 aromatic heterocycles. The van der Waals surface area contributed by atoms with E-state index in [0.29, 0.717) is 24.5 Å². The average Bonchev–Trinajstić information content (AvgIpc) is 3.10. The molecule has 1 nitrogen and oxygen atoms in total. The van der Waals surface area contributed by atoms with E-state index in [1.54, 1.807) is 0 Å². The summed E-state index contributed by atoms with van der Waals surface area (Å²) in [4.78, 5) is 11.8. The quantitative estimate of drug-likeness (QED) is 0.701. The maximum Gasteiger partial charge on any atom is 0.137 e. The Morgan fingerprint density at radius 1 is 1.38 bits per heavy atom. The van der Waals surface area contributed by atoms with Gasteiger partial charge in [0.25, 0.3) is 0 Å². The Labute approximate surface area is 96.9 Å². The van der Waals surface area contributed by atoms with Crippen LogP contribution in [0, 0.1) is 17.8 Å². The van der Waals surface area contributed by atoms with E-state index in [4.69, 9.17) is 0 Å². The molecule has 1 heteroatoms. The molecule has 1 aromatic rings. The Balaban J connectivity index is 1.86. The molecule has 2 unspecified atom stereocenters. The monoisotopic (exact) mass is 212 g/mol. The second-order valence-corrected chi connectivity index (χ2v) is 4.25. The Bertz CT molecular complexity index is 422. The molecule has 0 bridgehead atoms. The topological polar surface area (TPSA) is 17.1 Å². The largest absolute Gasteiger partial charge is 0.299 e. The lowest BCUT2D eigenvalue weighted by molar-refractivity contribution is -0.120. The van der Waals surface area contributed by atoms with Crippen LogP contribution in [0.25, 0.3) is 0 Å². The van der Waals surface area contributed by atoms with Crippen molar-refractivity contribution in [1.29, 1.82) is 0 Å². The van der Waals surface area contributed by atoms with Crippen LogP contribution in [-0.4, -0.2) is 5.78 Å². The first kappa shape index (κ1) is 11.0. The van der Waals surface area contributed by atoms with Gasteiger partial charge in [-0.25, -0.2) is 0 Å². The summed E-state index contributed by atoms with van der Waals surface area (Å²) in [6.45, 7) is 1.81. The lowest BCUT2D eigenvalue weighted by Gasteiger charge is -1.98. The highest BCUT2D eigenvalue weighted by molar-refractivity contribution is 5.85. The lowest BCUT2D eigenvalue weighted by Crippen LogP contribution is -2.01. The highest BCUT2D eigenvalue weighted by Gasteiger charge is 2.42. The van der Waals surface area contributed by atoms with E-state index in [1.807, 2.05) is 25.1 Å². The van der Waals surface area contributed by atoms with Gasteiger partial charge in [0.2, 0.25) is 0 Å². The number of rotatable bonds is 4. The zero-order valence-electron chi connectivity index (χ0n) is 9.57. The van der Waals surface area contributed by atoms with E-state index >= 15 is 0 Å². The summed E-state index contributed by atoms with van der Waals surface area (Å²) in [5.41, 5.74) is 1.31. The SMILES string of the molecule is CC#CCCC(=O)C1CC1c1ccccc1. The van der Waals surface area contributed by atoms with Gasteiger partial charge < -0.3 is 0 Å². The molecule has 0 saturated heterocycles. The molecule has 0 aliphatic heterocycles. The molecule has 16 heavy (non-hydrogen) atoms. The molecule has 1 fully saturated rings. The third-order valence-electron chi connectivity index (χ3n) is 3.10. The van der Waals surface area contributed by atoms with Crippen LogP contribution in [0.2, 0.25) is 0 Å². The number of Topliss-reactive ketones (excluding diaryl/α,β-unsaturated/α-hetero) is 1. The van der Waals surface area contributed by atoms with E-state index in [9.17, 15) is 4.79 Å². The molecule has 0 spiro atoms. The summed E-state index contributed by atoms with van der Waals surface area (Å²) in [5.74, 6) is 6.89. The normalized spacial score (nSPS) is 22.1. The standard InChI is InChI=1S/C15H16O/c1-2-3-5-10-15(16)14-11-13(14)12-8-6-4-7-9-12/h4,6-9,13-14H,5,10-11H2,1H3. The number of benzene rings is 1. The van der Waals surface area contributed by atoms with Crippen LogP contribution in [0.4, 0.5) is 0 Å². The van der Waals surface area contributed by atoms with Gasteiger partial charge in [-0.2, -0.15) is 0 Å². The van der Waals surface area contributed by atoms with Crippen LogP contribution >= 0.6 is 0 Å². The van der Waals surface area contributed by atoms with Crippen molar-refractivity contribution < 1.29 is 4.79 Å². The smallest absolute Gasteiger partial charge is 0.137 e. The summed E-state index contributed by atoms with van der Waals surface area (Å²) >= 11 is 0. The Kier molecular flexibility index (Phi) is 3.41. The zero-order chi connectivity index (χ0) is 11.4. The van der Waals surface area contributed by atoms with Gasteiger partial charge >= 0.3 is 0 Å². The Hall–Kier alpha value is -1.55. The van der Waals surface area contributed by atoms with Crippen LogP contribution < -0.4 is 0 Å². The van der Waals surface area contributed by atoms with E-state index in [1.165, 1.54) is 5.56 Å². The maximum absolute atomic E-state index is 11.8. The summed E-state index contributed by atoms with van der Waals surface area (Å²) in [7, 11) is 0. The molecule has 1 aromatic carbocycles. The third-order valence-corrected chi connectivity index (χ3v) is 3.10. The Morgan fingerprint density at radius 3 is 2.81 bits per heavy atom. The number of hydrogen-bond donors (Lipinski definition) is 0. The van der Waals surface area contributed by atoms with Crippen LogP contribution in [0.5, 0.6) is 0 Å². The molecule has 2 atom stereocenters. The fourth-order valence-corrected chi connectivity index (χ4v) is 2.12. The first-order chi connectivity index (χ1) is 7.83. The van der Waals surface area contributed by atoms with Crippen molar-refractivity contribution >= 4 is 5.78 Å².